The van der Waals surface area contributed by atoms with E-state index in [1.165, 1.54) is 5.56 Å². The van der Waals surface area contributed by atoms with E-state index in [9.17, 15) is 0 Å². The molecule has 1 heterocycles. The molecule has 2 aromatic rings. The summed E-state index contributed by atoms with van der Waals surface area (Å²) < 4.78 is 0. The highest BCUT2D eigenvalue weighted by Gasteiger charge is 2.18. The summed E-state index contributed by atoms with van der Waals surface area (Å²) in [6, 6.07) is 10.0. The zero-order valence-electron chi connectivity index (χ0n) is 9.78. The fourth-order valence-electron chi connectivity index (χ4n) is 1.92. The molecule has 0 aliphatic rings. The quantitative estimate of drug-likeness (QED) is 0.668. The van der Waals surface area contributed by atoms with Crippen molar-refractivity contribution in [2.24, 2.45) is 0 Å². The second kappa shape index (κ2) is 3.61. The molecule has 80 valence electrons. The zero-order valence-corrected chi connectivity index (χ0v) is 9.78. The van der Waals surface area contributed by atoms with Crippen molar-refractivity contribution in [1.82, 2.24) is 4.98 Å². The maximum Gasteiger partial charge on any atom is 0.101 e. The molecule has 16 heavy (non-hydrogen) atoms. The van der Waals surface area contributed by atoms with Gasteiger partial charge in [0.1, 0.15) is 6.07 Å². The predicted octanol–water partition coefficient (Wildman–Crippen LogP) is 3.40. The Labute approximate surface area is 95.6 Å². The van der Waals surface area contributed by atoms with Crippen LogP contribution in [0.25, 0.3) is 10.9 Å². The summed E-state index contributed by atoms with van der Waals surface area (Å²) in [6.07, 6.45) is 1.73. The summed E-state index contributed by atoms with van der Waals surface area (Å²) in [4.78, 5) is 4.30. The maximum absolute atomic E-state index is 9.04. The van der Waals surface area contributed by atoms with Gasteiger partial charge in [-0.1, -0.05) is 32.9 Å². The summed E-state index contributed by atoms with van der Waals surface area (Å²) in [5.74, 6) is 0. The Kier molecular flexibility index (Phi) is 2.40. The first-order valence-corrected chi connectivity index (χ1v) is 5.32. The molecule has 0 bridgehead atoms. The third-order valence-electron chi connectivity index (χ3n) is 2.70. The topological polar surface area (TPSA) is 36.7 Å². The Bertz CT molecular complexity index is 571. The van der Waals surface area contributed by atoms with E-state index in [0.29, 0.717) is 5.56 Å². The number of fused-ring (bicyclic) bond motifs is 1. The van der Waals surface area contributed by atoms with Crippen LogP contribution >= 0.6 is 0 Å². The second-order valence-electron chi connectivity index (χ2n) is 4.92. The molecule has 0 N–H and O–H groups in total. The van der Waals surface area contributed by atoms with Crippen molar-refractivity contribution in [2.75, 3.05) is 0 Å². The molecule has 0 atom stereocenters. The van der Waals surface area contributed by atoms with Gasteiger partial charge in [-0.2, -0.15) is 5.26 Å². The Balaban J connectivity index is 2.87. The standard InChI is InChI=1S/C14H14N2/c1-14(2,3)12-7-6-10(9-15)13-11(12)5-4-8-16-13/h4-8H,1-3H3. The van der Waals surface area contributed by atoms with E-state index in [4.69, 9.17) is 5.26 Å². The lowest BCUT2D eigenvalue weighted by atomic mass is 9.84. The van der Waals surface area contributed by atoms with Gasteiger partial charge in [0.05, 0.1) is 11.1 Å². The van der Waals surface area contributed by atoms with Gasteiger partial charge in [-0.3, -0.25) is 4.98 Å². The minimum absolute atomic E-state index is 0.0648. The number of nitriles is 1. The molecule has 0 amide bonds. The lowest BCUT2D eigenvalue weighted by Gasteiger charge is -2.21. The van der Waals surface area contributed by atoms with Gasteiger partial charge in [-0.15, -0.1) is 0 Å². The van der Waals surface area contributed by atoms with Crippen LogP contribution in [-0.4, -0.2) is 4.98 Å². The molecule has 0 radical (unpaired) electrons. The van der Waals surface area contributed by atoms with E-state index < -0.39 is 0 Å². The number of hydrogen-bond acceptors (Lipinski definition) is 2. The second-order valence-corrected chi connectivity index (χ2v) is 4.92. The van der Waals surface area contributed by atoms with Gasteiger partial charge >= 0.3 is 0 Å². The molecular weight excluding hydrogens is 196 g/mol. The molecular formula is C14H14N2. The first kappa shape index (κ1) is 10.6. The van der Waals surface area contributed by atoms with Crippen molar-refractivity contribution >= 4 is 10.9 Å². The van der Waals surface area contributed by atoms with Crippen LogP contribution in [0.5, 0.6) is 0 Å². The first-order valence-electron chi connectivity index (χ1n) is 5.32. The smallest absolute Gasteiger partial charge is 0.101 e. The van der Waals surface area contributed by atoms with Crippen molar-refractivity contribution in [2.45, 2.75) is 26.2 Å². The van der Waals surface area contributed by atoms with Crippen LogP contribution in [-0.2, 0) is 5.41 Å². The van der Waals surface area contributed by atoms with Crippen molar-refractivity contribution in [3.05, 3.63) is 41.6 Å². The highest BCUT2D eigenvalue weighted by atomic mass is 14.7. The van der Waals surface area contributed by atoms with E-state index >= 15 is 0 Å². The summed E-state index contributed by atoms with van der Waals surface area (Å²) >= 11 is 0. The number of rotatable bonds is 0. The molecule has 0 saturated heterocycles. The van der Waals surface area contributed by atoms with E-state index in [0.717, 1.165) is 10.9 Å². The number of benzene rings is 1. The van der Waals surface area contributed by atoms with Crippen LogP contribution in [0.15, 0.2) is 30.5 Å². The van der Waals surface area contributed by atoms with Crippen LogP contribution in [0.3, 0.4) is 0 Å². The molecule has 0 saturated carbocycles. The van der Waals surface area contributed by atoms with Crippen molar-refractivity contribution < 1.29 is 0 Å². The van der Waals surface area contributed by atoms with Crippen LogP contribution in [0.2, 0.25) is 0 Å². The Morgan fingerprint density at radius 1 is 1.19 bits per heavy atom. The van der Waals surface area contributed by atoms with E-state index in [1.807, 2.05) is 24.3 Å². The molecule has 0 spiro atoms. The summed E-state index contributed by atoms with van der Waals surface area (Å²) in [7, 11) is 0. The monoisotopic (exact) mass is 210 g/mol. The van der Waals surface area contributed by atoms with Crippen LogP contribution in [0.4, 0.5) is 0 Å². The third kappa shape index (κ3) is 1.65. The minimum atomic E-state index is 0.0648. The average Bonchev–Trinajstić information content (AvgIpc) is 2.26. The van der Waals surface area contributed by atoms with Gasteiger partial charge < -0.3 is 0 Å². The lowest BCUT2D eigenvalue weighted by Crippen LogP contribution is -2.12. The Morgan fingerprint density at radius 3 is 2.56 bits per heavy atom. The van der Waals surface area contributed by atoms with Gasteiger partial charge in [0.2, 0.25) is 0 Å². The highest BCUT2D eigenvalue weighted by molar-refractivity contribution is 5.87. The van der Waals surface area contributed by atoms with Gasteiger partial charge in [0.25, 0.3) is 0 Å². The van der Waals surface area contributed by atoms with Crippen molar-refractivity contribution in [3.8, 4) is 6.07 Å². The minimum Gasteiger partial charge on any atom is -0.255 e. The number of aromatic nitrogens is 1. The lowest BCUT2D eigenvalue weighted by molar-refractivity contribution is 0.596. The Morgan fingerprint density at radius 2 is 1.94 bits per heavy atom. The number of hydrogen-bond donors (Lipinski definition) is 0. The molecule has 1 aromatic heterocycles. The SMILES string of the molecule is CC(C)(C)c1ccc(C#N)c2ncccc12. The van der Waals surface area contributed by atoms with Crippen LogP contribution in [0, 0.1) is 11.3 Å². The zero-order chi connectivity index (χ0) is 11.8. The molecule has 1 aromatic carbocycles. The average molecular weight is 210 g/mol. The first-order chi connectivity index (χ1) is 7.54. The van der Waals surface area contributed by atoms with E-state index in [-0.39, 0.29) is 5.41 Å². The largest absolute Gasteiger partial charge is 0.255 e. The molecule has 2 rings (SSSR count). The molecule has 0 aliphatic carbocycles. The summed E-state index contributed by atoms with van der Waals surface area (Å²) in [6.45, 7) is 6.50. The van der Waals surface area contributed by atoms with E-state index in [1.54, 1.807) is 6.20 Å². The fourth-order valence-corrected chi connectivity index (χ4v) is 1.92. The van der Waals surface area contributed by atoms with Crippen molar-refractivity contribution in [3.63, 3.8) is 0 Å². The number of nitrogens with zero attached hydrogens (tertiary/aromatic N) is 2. The van der Waals surface area contributed by atoms with Crippen LogP contribution in [0.1, 0.15) is 31.9 Å². The van der Waals surface area contributed by atoms with Crippen LogP contribution < -0.4 is 0 Å². The third-order valence-corrected chi connectivity index (χ3v) is 2.70. The van der Waals surface area contributed by atoms with Crippen molar-refractivity contribution in [1.29, 1.82) is 5.26 Å². The summed E-state index contributed by atoms with van der Waals surface area (Å²) in [5, 5.41) is 10.1. The number of pyridine rings is 1. The predicted molar refractivity (Wildman–Crippen MR) is 65.2 cm³/mol. The molecule has 2 nitrogen and oxygen atoms in total. The normalized spacial score (nSPS) is 11.4. The Hall–Kier alpha value is -1.88. The fraction of sp³-hybridized carbons (Fsp3) is 0.286. The summed E-state index contributed by atoms with van der Waals surface area (Å²) in [5.41, 5.74) is 2.74. The molecule has 0 unspecified atom stereocenters. The van der Waals surface area contributed by atoms with E-state index in [2.05, 4.69) is 31.8 Å². The maximum atomic E-state index is 9.04. The molecule has 0 aliphatic heterocycles. The van der Waals surface area contributed by atoms with Gasteiger partial charge in [-0.25, -0.2) is 0 Å². The van der Waals surface area contributed by atoms with Gasteiger partial charge in [0.15, 0.2) is 0 Å². The van der Waals surface area contributed by atoms with Gasteiger partial charge in [-0.05, 0) is 23.1 Å². The molecule has 0 fully saturated rings. The van der Waals surface area contributed by atoms with Gasteiger partial charge in [0, 0.05) is 11.6 Å². The highest BCUT2D eigenvalue weighted by Crippen LogP contribution is 2.30. The molecule has 2 heteroatoms.